The van der Waals surface area contributed by atoms with E-state index in [9.17, 15) is 20.1 Å². The highest BCUT2D eigenvalue weighted by molar-refractivity contribution is 6.13. The van der Waals surface area contributed by atoms with Gasteiger partial charge in [0.1, 0.15) is 28.6 Å². The number of allylic oxidation sites excluding steroid dienone is 2. The lowest BCUT2D eigenvalue weighted by Crippen LogP contribution is -2.11. The van der Waals surface area contributed by atoms with E-state index in [4.69, 9.17) is 9.47 Å². The largest absolute Gasteiger partial charge is 0.508 e. The van der Waals surface area contributed by atoms with E-state index in [-0.39, 0.29) is 40.1 Å². The molecule has 1 aliphatic heterocycles. The minimum atomic E-state index is -0.539. The van der Waals surface area contributed by atoms with Gasteiger partial charge in [-0.1, -0.05) is 11.6 Å². The second-order valence-electron chi connectivity index (χ2n) is 8.34. The molecule has 3 N–H and O–H groups in total. The molecule has 0 radical (unpaired) electrons. The molecular formula is C24H28O6. The highest BCUT2D eigenvalue weighted by atomic mass is 16.6. The SMILES string of the molecule is COc1c(CC=C(C)C)c(O)c(C(=O)c2ccc(O)cc2)c(O)c1C[C@H]1OC1(C)C. The molecule has 0 aromatic heterocycles. The molecule has 3 rings (SSSR count). The number of carbonyl (C=O) groups excluding carboxylic acids is 1. The van der Waals surface area contributed by atoms with Crippen LogP contribution in [0.2, 0.25) is 0 Å². The molecule has 6 heteroatoms. The second kappa shape index (κ2) is 8.03. The van der Waals surface area contributed by atoms with Gasteiger partial charge in [0.2, 0.25) is 5.78 Å². The van der Waals surface area contributed by atoms with Crippen molar-refractivity contribution < 1.29 is 29.6 Å². The Balaban J connectivity index is 2.19. The zero-order valence-electron chi connectivity index (χ0n) is 17.9. The molecule has 2 aromatic rings. The average molecular weight is 412 g/mol. The van der Waals surface area contributed by atoms with Gasteiger partial charge in [-0.2, -0.15) is 0 Å². The van der Waals surface area contributed by atoms with Crippen molar-refractivity contribution in [3.05, 3.63) is 58.2 Å². The minimum Gasteiger partial charge on any atom is -0.508 e. The molecule has 1 atom stereocenters. The summed E-state index contributed by atoms with van der Waals surface area (Å²) in [6.07, 6.45) is 2.48. The minimum absolute atomic E-state index is 0.0211. The standard InChI is InChI=1S/C24H28O6/c1-13(2)6-11-16-21(27)19(20(26)14-7-9-15(25)10-8-14)22(28)17(23(16)29-5)12-18-24(3,4)30-18/h6-10,18,25,27-28H,11-12H2,1-5H3/t18-/m1/s1. The summed E-state index contributed by atoms with van der Waals surface area (Å²) in [5.41, 5.74) is 1.66. The Morgan fingerprint density at radius 1 is 1.10 bits per heavy atom. The smallest absolute Gasteiger partial charge is 0.200 e. The third-order valence-electron chi connectivity index (χ3n) is 5.42. The van der Waals surface area contributed by atoms with E-state index < -0.39 is 5.78 Å². The van der Waals surface area contributed by atoms with Gasteiger partial charge < -0.3 is 24.8 Å². The van der Waals surface area contributed by atoms with Gasteiger partial charge in [-0.25, -0.2) is 0 Å². The van der Waals surface area contributed by atoms with E-state index in [0.29, 0.717) is 29.7 Å². The summed E-state index contributed by atoms with van der Waals surface area (Å²) in [7, 11) is 1.48. The van der Waals surface area contributed by atoms with Crippen molar-refractivity contribution in [2.24, 2.45) is 0 Å². The fourth-order valence-corrected chi connectivity index (χ4v) is 3.52. The molecule has 0 unspecified atom stereocenters. The van der Waals surface area contributed by atoms with Crippen LogP contribution in [-0.4, -0.2) is 39.9 Å². The van der Waals surface area contributed by atoms with E-state index in [2.05, 4.69) is 0 Å². The molecule has 1 heterocycles. The maximum absolute atomic E-state index is 13.2. The van der Waals surface area contributed by atoms with Gasteiger partial charge in [-0.15, -0.1) is 0 Å². The van der Waals surface area contributed by atoms with Crippen LogP contribution in [0.5, 0.6) is 23.0 Å². The normalized spacial score (nSPS) is 16.8. The topological polar surface area (TPSA) is 99.5 Å². The van der Waals surface area contributed by atoms with E-state index in [0.717, 1.165) is 5.57 Å². The van der Waals surface area contributed by atoms with Crippen molar-refractivity contribution in [2.45, 2.75) is 52.2 Å². The molecular weight excluding hydrogens is 384 g/mol. The summed E-state index contributed by atoms with van der Waals surface area (Å²) in [4.78, 5) is 13.2. The first kappa shape index (κ1) is 21.7. The highest BCUT2D eigenvalue weighted by Gasteiger charge is 2.48. The fourth-order valence-electron chi connectivity index (χ4n) is 3.52. The van der Waals surface area contributed by atoms with E-state index in [1.54, 1.807) is 0 Å². The maximum Gasteiger partial charge on any atom is 0.200 e. The van der Waals surface area contributed by atoms with Crippen LogP contribution in [0, 0.1) is 0 Å². The number of methoxy groups -OCH3 is 1. The number of epoxide rings is 1. The molecule has 0 amide bonds. The number of ether oxygens (including phenoxy) is 2. The molecule has 160 valence electrons. The first-order valence-corrected chi connectivity index (χ1v) is 9.85. The number of ketones is 1. The van der Waals surface area contributed by atoms with Gasteiger partial charge in [0.05, 0.1) is 18.8 Å². The maximum atomic E-state index is 13.2. The predicted octanol–water partition coefficient (Wildman–Crippen LogP) is 4.27. The number of hydrogen-bond acceptors (Lipinski definition) is 6. The highest BCUT2D eigenvalue weighted by Crippen LogP contribution is 2.48. The van der Waals surface area contributed by atoms with Crippen LogP contribution in [0.3, 0.4) is 0 Å². The number of rotatable bonds is 7. The molecule has 1 fully saturated rings. The summed E-state index contributed by atoms with van der Waals surface area (Å²) in [5.74, 6) is -0.776. The van der Waals surface area contributed by atoms with Crippen molar-refractivity contribution in [3.63, 3.8) is 0 Å². The van der Waals surface area contributed by atoms with Crippen LogP contribution in [-0.2, 0) is 17.6 Å². The van der Waals surface area contributed by atoms with Crippen LogP contribution in [0.1, 0.15) is 54.7 Å². The predicted molar refractivity (Wildman–Crippen MR) is 114 cm³/mol. The van der Waals surface area contributed by atoms with Gasteiger partial charge in [0.25, 0.3) is 0 Å². The molecule has 0 saturated carbocycles. The van der Waals surface area contributed by atoms with Gasteiger partial charge in [0.15, 0.2) is 0 Å². The first-order valence-electron chi connectivity index (χ1n) is 9.85. The molecule has 0 spiro atoms. The average Bonchev–Trinajstić information content (AvgIpc) is 3.29. The van der Waals surface area contributed by atoms with Gasteiger partial charge >= 0.3 is 0 Å². The Morgan fingerprint density at radius 3 is 2.17 bits per heavy atom. The van der Waals surface area contributed by atoms with Gasteiger partial charge in [0, 0.05) is 23.1 Å². The third-order valence-corrected chi connectivity index (χ3v) is 5.42. The number of phenolic OH excluding ortho intramolecular Hbond substituents is 3. The van der Waals surface area contributed by atoms with Crippen LogP contribution < -0.4 is 4.74 Å². The Morgan fingerprint density at radius 2 is 1.67 bits per heavy atom. The Labute approximate surface area is 176 Å². The monoisotopic (exact) mass is 412 g/mol. The van der Waals surface area contributed by atoms with E-state index >= 15 is 0 Å². The molecule has 2 aromatic carbocycles. The van der Waals surface area contributed by atoms with Crippen LogP contribution in [0.15, 0.2) is 35.9 Å². The second-order valence-corrected chi connectivity index (χ2v) is 8.34. The van der Waals surface area contributed by atoms with Gasteiger partial charge in [-0.3, -0.25) is 4.79 Å². The summed E-state index contributed by atoms with van der Waals surface area (Å²) in [6.45, 7) is 7.78. The zero-order valence-corrected chi connectivity index (χ0v) is 17.9. The number of benzene rings is 2. The summed E-state index contributed by atoms with van der Waals surface area (Å²) < 4.78 is 11.2. The molecule has 1 saturated heterocycles. The fraction of sp³-hybridized carbons (Fsp3) is 0.375. The molecule has 1 aliphatic rings. The Hall–Kier alpha value is -2.99. The van der Waals surface area contributed by atoms with Crippen molar-refractivity contribution in [1.82, 2.24) is 0 Å². The van der Waals surface area contributed by atoms with Crippen molar-refractivity contribution in [1.29, 1.82) is 0 Å². The van der Waals surface area contributed by atoms with Crippen molar-refractivity contribution >= 4 is 5.78 Å². The summed E-state index contributed by atoms with van der Waals surface area (Å²) >= 11 is 0. The number of phenols is 3. The lowest BCUT2D eigenvalue weighted by Gasteiger charge is -2.20. The molecule has 30 heavy (non-hydrogen) atoms. The van der Waals surface area contributed by atoms with Crippen molar-refractivity contribution in [2.75, 3.05) is 7.11 Å². The Kier molecular flexibility index (Phi) is 5.81. The lowest BCUT2D eigenvalue weighted by atomic mass is 9.90. The zero-order chi connectivity index (χ0) is 22.2. The molecule has 0 bridgehead atoms. The Bertz CT molecular complexity index is 998. The van der Waals surface area contributed by atoms with Crippen LogP contribution in [0.4, 0.5) is 0 Å². The quantitative estimate of drug-likeness (QED) is 0.357. The van der Waals surface area contributed by atoms with Gasteiger partial charge in [-0.05, 0) is 58.4 Å². The summed E-state index contributed by atoms with van der Waals surface area (Å²) in [6, 6.07) is 5.67. The summed E-state index contributed by atoms with van der Waals surface area (Å²) in [5, 5.41) is 31.5. The van der Waals surface area contributed by atoms with E-state index in [1.165, 1.54) is 31.4 Å². The lowest BCUT2D eigenvalue weighted by molar-refractivity contribution is 0.103. The van der Waals surface area contributed by atoms with E-state index in [1.807, 2.05) is 33.8 Å². The van der Waals surface area contributed by atoms with Crippen LogP contribution >= 0.6 is 0 Å². The van der Waals surface area contributed by atoms with Crippen LogP contribution in [0.25, 0.3) is 0 Å². The number of hydrogen-bond donors (Lipinski definition) is 3. The third kappa shape index (κ3) is 4.14. The number of aromatic hydroxyl groups is 3. The molecule has 0 aliphatic carbocycles. The molecule has 6 nitrogen and oxygen atoms in total. The van der Waals surface area contributed by atoms with Crippen molar-refractivity contribution in [3.8, 4) is 23.0 Å². The first-order chi connectivity index (χ1) is 14.1. The number of carbonyl (C=O) groups is 1.